The molecule has 0 aliphatic heterocycles. The molecule has 0 aromatic carbocycles. The van der Waals surface area contributed by atoms with E-state index in [1.165, 1.54) is 6.20 Å². The molecule has 1 fully saturated rings. The number of H-pyrrole nitrogens is 1. The summed E-state index contributed by atoms with van der Waals surface area (Å²) in [4.78, 5) is 18.3. The van der Waals surface area contributed by atoms with Gasteiger partial charge in [0.25, 0.3) is 5.56 Å². The highest BCUT2D eigenvalue weighted by Crippen LogP contribution is 2.41. The highest BCUT2D eigenvalue weighted by Gasteiger charge is 2.34. The molecule has 1 aromatic heterocycles. The van der Waals surface area contributed by atoms with Crippen molar-refractivity contribution in [3.63, 3.8) is 0 Å². The van der Waals surface area contributed by atoms with Crippen molar-refractivity contribution in [3.05, 3.63) is 26.8 Å². The second kappa shape index (κ2) is 4.45. The van der Waals surface area contributed by atoms with Gasteiger partial charge in [-0.05, 0) is 41.6 Å². The van der Waals surface area contributed by atoms with Crippen LogP contribution in [0.15, 0.2) is 15.5 Å². The zero-order valence-corrected chi connectivity index (χ0v) is 10.1. The lowest BCUT2D eigenvalue weighted by atomic mass is 10.2. The monoisotopic (exact) mass is 272 g/mol. The molecule has 0 saturated heterocycles. The van der Waals surface area contributed by atoms with Crippen LogP contribution in [0, 0.1) is 5.92 Å². The second-order valence-corrected chi connectivity index (χ2v) is 4.51. The van der Waals surface area contributed by atoms with Crippen molar-refractivity contribution in [3.8, 4) is 0 Å². The minimum Gasteiger partial charge on any atom is -0.370 e. The summed E-state index contributed by atoms with van der Waals surface area (Å²) in [6.45, 7) is 2.59. The molecule has 4 nitrogen and oxygen atoms in total. The smallest absolute Gasteiger partial charge is 0.265 e. The van der Waals surface area contributed by atoms with Gasteiger partial charge in [0.2, 0.25) is 0 Å². The zero-order valence-electron chi connectivity index (χ0n) is 8.50. The zero-order chi connectivity index (χ0) is 10.8. The van der Waals surface area contributed by atoms with Crippen molar-refractivity contribution in [2.75, 3.05) is 6.61 Å². The average Bonchev–Trinajstić information content (AvgIpc) is 3.02. The molecule has 0 amide bonds. The van der Waals surface area contributed by atoms with E-state index >= 15 is 0 Å². The van der Waals surface area contributed by atoms with Crippen LogP contribution in [-0.4, -0.2) is 16.6 Å². The summed E-state index contributed by atoms with van der Waals surface area (Å²) in [7, 11) is 0. The number of hydrogen-bond donors (Lipinski definition) is 1. The SMILES string of the molecule is CCOC(c1ncc(Br)c(=O)[nH]1)C1CC1. The van der Waals surface area contributed by atoms with E-state index in [1.807, 2.05) is 6.92 Å². The van der Waals surface area contributed by atoms with Crippen LogP contribution < -0.4 is 5.56 Å². The molecule has 1 N–H and O–H groups in total. The molecule has 1 heterocycles. The largest absolute Gasteiger partial charge is 0.370 e. The van der Waals surface area contributed by atoms with E-state index in [0.29, 0.717) is 22.8 Å². The second-order valence-electron chi connectivity index (χ2n) is 3.66. The maximum atomic E-state index is 11.4. The first-order chi connectivity index (χ1) is 7.22. The summed E-state index contributed by atoms with van der Waals surface area (Å²) in [5.74, 6) is 1.17. The Labute approximate surface area is 96.2 Å². The summed E-state index contributed by atoms with van der Waals surface area (Å²) in [6.07, 6.45) is 3.80. The van der Waals surface area contributed by atoms with E-state index < -0.39 is 0 Å². The quantitative estimate of drug-likeness (QED) is 0.913. The molecule has 1 atom stereocenters. The van der Waals surface area contributed by atoms with Crippen LogP contribution in [0.1, 0.15) is 31.7 Å². The molecule has 82 valence electrons. The van der Waals surface area contributed by atoms with Crippen LogP contribution in [0.3, 0.4) is 0 Å². The molecular formula is C10H13BrN2O2. The van der Waals surface area contributed by atoms with Crippen molar-refractivity contribution in [2.24, 2.45) is 5.92 Å². The van der Waals surface area contributed by atoms with Gasteiger partial charge in [0, 0.05) is 12.8 Å². The predicted molar refractivity (Wildman–Crippen MR) is 59.6 cm³/mol. The lowest BCUT2D eigenvalue weighted by molar-refractivity contribution is 0.0398. The van der Waals surface area contributed by atoms with Crippen LogP contribution in [0.2, 0.25) is 0 Å². The number of rotatable bonds is 4. The first-order valence-electron chi connectivity index (χ1n) is 5.08. The van der Waals surface area contributed by atoms with Gasteiger partial charge in [-0.3, -0.25) is 4.79 Å². The number of halogens is 1. The van der Waals surface area contributed by atoms with Crippen molar-refractivity contribution in [2.45, 2.75) is 25.9 Å². The molecule has 15 heavy (non-hydrogen) atoms. The Morgan fingerprint density at radius 2 is 2.47 bits per heavy atom. The Bertz CT molecular complexity index is 401. The van der Waals surface area contributed by atoms with Gasteiger partial charge in [0.1, 0.15) is 16.4 Å². The molecule has 1 aliphatic carbocycles. The number of hydrogen-bond acceptors (Lipinski definition) is 3. The lowest BCUT2D eigenvalue weighted by Gasteiger charge is -2.14. The molecular weight excluding hydrogens is 260 g/mol. The van der Waals surface area contributed by atoms with Crippen molar-refractivity contribution >= 4 is 15.9 Å². The minimum absolute atomic E-state index is 0.0456. The Morgan fingerprint density at radius 3 is 3.00 bits per heavy atom. The maximum absolute atomic E-state index is 11.4. The molecule has 1 aliphatic rings. The van der Waals surface area contributed by atoms with Gasteiger partial charge >= 0.3 is 0 Å². The standard InChI is InChI=1S/C10H13BrN2O2/c1-2-15-8(6-3-4-6)9-12-5-7(11)10(14)13-9/h5-6,8H,2-4H2,1H3,(H,12,13,14). The van der Waals surface area contributed by atoms with Gasteiger partial charge in [-0.15, -0.1) is 0 Å². The lowest BCUT2D eigenvalue weighted by Crippen LogP contribution is -2.17. The highest BCUT2D eigenvalue weighted by atomic mass is 79.9. The van der Waals surface area contributed by atoms with Crippen LogP contribution in [-0.2, 0) is 4.74 Å². The average molecular weight is 273 g/mol. The summed E-state index contributed by atoms with van der Waals surface area (Å²) >= 11 is 3.12. The molecule has 2 rings (SSSR count). The number of ether oxygens (including phenoxy) is 1. The highest BCUT2D eigenvalue weighted by molar-refractivity contribution is 9.10. The number of aromatic amines is 1. The Balaban J connectivity index is 2.25. The predicted octanol–water partition coefficient (Wildman–Crippen LogP) is 2.02. The number of nitrogens with zero attached hydrogens (tertiary/aromatic N) is 1. The van der Waals surface area contributed by atoms with Crippen molar-refractivity contribution < 1.29 is 4.74 Å². The maximum Gasteiger partial charge on any atom is 0.265 e. The third-order valence-corrected chi connectivity index (χ3v) is 3.01. The number of nitrogens with one attached hydrogen (secondary N) is 1. The molecule has 1 aromatic rings. The fourth-order valence-corrected chi connectivity index (χ4v) is 1.76. The molecule has 0 spiro atoms. The third kappa shape index (κ3) is 2.46. The Morgan fingerprint density at radius 1 is 1.73 bits per heavy atom. The van der Waals surface area contributed by atoms with Crippen LogP contribution in [0.25, 0.3) is 0 Å². The normalized spacial score (nSPS) is 17.7. The summed E-state index contributed by atoms with van der Waals surface area (Å²) in [6, 6.07) is 0. The molecule has 0 radical (unpaired) electrons. The molecule has 5 heteroatoms. The van der Waals surface area contributed by atoms with Gasteiger partial charge < -0.3 is 9.72 Å². The Kier molecular flexibility index (Phi) is 3.21. The van der Waals surface area contributed by atoms with E-state index in [9.17, 15) is 4.79 Å². The fraction of sp³-hybridized carbons (Fsp3) is 0.600. The molecule has 1 unspecified atom stereocenters. The molecule has 0 bridgehead atoms. The van der Waals surface area contributed by atoms with E-state index in [2.05, 4.69) is 25.9 Å². The third-order valence-electron chi connectivity index (χ3n) is 2.44. The first-order valence-corrected chi connectivity index (χ1v) is 5.88. The van der Waals surface area contributed by atoms with E-state index in [1.54, 1.807) is 0 Å². The molecule has 1 saturated carbocycles. The van der Waals surface area contributed by atoms with Gasteiger partial charge in [-0.1, -0.05) is 0 Å². The van der Waals surface area contributed by atoms with Gasteiger partial charge in [0.15, 0.2) is 0 Å². The van der Waals surface area contributed by atoms with Gasteiger partial charge in [0.05, 0.1) is 0 Å². The van der Waals surface area contributed by atoms with Gasteiger partial charge in [-0.25, -0.2) is 4.98 Å². The van der Waals surface area contributed by atoms with Crippen LogP contribution in [0.4, 0.5) is 0 Å². The topological polar surface area (TPSA) is 55.0 Å². The minimum atomic E-state index is -0.148. The number of aromatic nitrogens is 2. The van der Waals surface area contributed by atoms with E-state index in [-0.39, 0.29) is 11.7 Å². The summed E-state index contributed by atoms with van der Waals surface area (Å²) in [5.41, 5.74) is -0.148. The van der Waals surface area contributed by atoms with Crippen molar-refractivity contribution in [1.82, 2.24) is 9.97 Å². The van der Waals surface area contributed by atoms with Gasteiger partial charge in [-0.2, -0.15) is 0 Å². The summed E-state index contributed by atoms with van der Waals surface area (Å²) < 4.78 is 6.05. The van der Waals surface area contributed by atoms with E-state index in [0.717, 1.165) is 12.8 Å². The summed E-state index contributed by atoms with van der Waals surface area (Å²) in [5, 5.41) is 0. The fourth-order valence-electron chi connectivity index (χ4n) is 1.55. The van der Waals surface area contributed by atoms with E-state index in [4.69, 9.17) is 4.74 Å². The first kappa shape index (κ1) is 10.8. The van der Waals surface area contributed by atoms with Crippen LogP contribution in [0.5, 0.6) is 0 Å². The van der Waals surface area contributed by atoms with Crippen molar-refractivity contribution in [1.29, 1.82) is 0 Å². The van der Waals surface area contributed by atoms with Crippen LogP contribution >= 0.6 is 15.9 Å². The Hall–Kier alpha value is -0.680.